The molecule has 0 saturated carbocycles. The number of amides is 1. The molecule has 3 N–H and O–H groups in total. The first-order chi connectivity index (χ1) is 9.16. The van der Waals surface area contributed by atoms with Crippen molar-refractivity contribution in [2.24, 2.45) is 5.92 Å². The van der Waals surface area contributed by atoms with Gasteiger partial charge in [0.15, 0.2) is 0 Å². The van der Waals surface area contributed by atoms with Crippen LogP contribution in [0, 0.1) is 5.92 Å². The number of carboxylic acids is 1. The van der Waals surface area contributed by atoms with Gasteiger partial charge in [-0.1, -0.05) is 0 Å². The zero-order chi connectivity index (χ0) is 13.7. The van der Waals surface area contributed by atoms with Crippen LogP contribution in [0.2, 0.25) is 0 Å². The highest BCUT2D eigenvalue weighted by Crippen LogP contribution is 2.14. The van der Waals surface area contributed by atoms with E-state index in [0.29, 0.717) is 18.9 Å². The number of H-pyrrole nitrogens is 1. The lowest BCUT2D eigenvalue weighted by atomic mass is 10.0. The molecule has 0 spiro atoms. The van der Waals surface area contributed by atoms with E-state index in [4.69, 9.17) is 9.84 Å². The van der Waals surface area contributed by atoms with Crippen LogP contribution in [0.25, 0.3) is 0 Å². The third-order valence-electron chi connectivity index (χ3n) is 3.12. The Kier molecular flexibility index (Phi) is 4.51. The summed E-state index contributed by atoms with van der Waals surface area (Å²) in [5.41, 5.74) is 0.674. The summed E-state index contributed by atoms with van der Waals surface area (Å²) in [5.74, 6) is -1.57. The first-order valence-electron chi connectivity index (χ1n) is 6.25. The van der Waals surface area contributed by atoms with Gasteiger partial charge in [-0.2, -0.15) is 0 Å². The first kappa shape index (κ1) is 13.5. The molecular formula is C12H17N3O4. The Hall–Kier alpha value is -1.89. The summed E-state index contributed by atoms with van der Waals surface area (Å²) >= 11 is 0. The number of aliphatic carboxylic acids is 1. The van der Waals surface area contributed by atoms with Gasteiger partial charge in [0.1, 0.15) is 6.04 Å². The van der Waals surface area contributed by atoms with Crippen LogP contribution in [0.1, 0.15) is 18.5 Å². The Balaban J connectivity index is 1.92. The molecule has 0 aliphatic carbocycles. The van der Waals surface area contributed by atoms with E-state index in [1.54, 1.807) is 6.20 Å². The monoisotopic (exact) mass is 267 g/mol. The van der Waals surface area contributed by atoms with E-state index in [2.05, 4.69) is 15.3 Å². The van der Waals surface area contributed by atoms with E-state index < -0.39 is 12.0 Å². The van der Waals surface area contributed by atoms with Crippen LogP contribution in [-0.2, 0) is 20.7 Å². The molecule has 0 radical (unpaired) electrons. The summed E-state index contributed by atoms with van der Waals surface area (Å²) in [7, 11) is 0. The molecule has 2 heterocycles. The zero-order valence-electron chi connectivity index (χ0n) is 10.5. The number of ether oxygens (including phenoxy) is 1. The number of imidazole rings is 1. The predicted octanol–water partition coefficient (Wildman–Crippen LogP) is -0.0518. The number of hydrogen-bond acceptors (Lipinski definition) is 4. The minimum absolute atomic E-state index is 0.189. The second-order valence-corrected chi connectivity index (χ2v) is 4.59. The molecule has 1 aliphatic heterocycles. The number of carboxylic acid groups (broad SMARTS) is 1. The number of carbonyl (C=O) groups excluding carboxylic acids is 1. The number of aromatic amines is 1. The lowest BCUT2D eigenvalue weighted by Gasteiger charge is -2.23. The summed E-state index contributed by atoms with van der Waals surface area (Å²) < 4.78 is 5.23. The van der Waals surface area contributed by atoms with Crippen molar-refractivity contribution in [2.75, 3.05) is 13.2 Å². The minimum Gasteiger partial charge on any atom is -0.480 e. The van der Waals surface area contributed by atoms with Crippen molar-refractivity contribution < 1.29 is 19.4 Å². The highest BCUT2D eigenvalue weighted by Gasteiger charge is 2.27. The largest absolute Gasteiger partial charge is 0.480 e. The maximum atomic E-state index is 12.0. The normalized spacial score (nSPS) is 20.7. The Bertz CT molecular complexity index is 426. The van der Waals surface area contributed by atoms with Crippen LogP contribution in [0.3, 0.4) is 0 Å². The molecule has 7 nitrogen and oxygen atoms in total. The number of nitrogens with zero attached hydrogens (tertiary/aromatic N) is 1. The van der Waals surface area contributed by atoms with Gasteiger partial charge in [-0.05, 0) is 12.8 Å². The molecule has 7 heteroatoms. The molecule has 1 saturated heterocycles. The highest BCUT2D eigenvalue weighted by molar-refractivity contribution is 5.85. The molecule has 19 heavy (non-hydrogen) atoms. The van der Waals surface area contributed by atoms with Gasteiger partial charge in [0.05, 0.1) is 18.9 Å². The van der Waals surface area contributed by atoms with Crippen LogP contribution < -0.4 is 5.32 Å². The van der Waals surface area contributed by atoms with E-state index in [1.807, 2.05) is 0 Å². The molecule has 2 atom stereocenters. The fourth-order valence-electron chi connectivity index (χ4n) is 2.05. The smallest absolute Gasteiger partial charge is 0.326 e. The third-order valence-corrected chi connectivity index (χ3v) is 3.12. The van der Waals surface area contributed by atoms with Crippen molar-refractivity contribution in [2.45, 2.75) is 25.3 Å². The Morgan fingerprint density at radius 1 is 1.63 bits per heavy atom. The SMILES string of the molecule is O=C(NC(Cc1cnc[nH]1)C(=O)O)C1CCCOC1. The predicted molar refractivity (Wildman–Crippen MR) is 65.4 cm³/mol. The van der Waals surface area contributed by atoms with E-state index in [0.717, 1.165) is 12.8 Å². The van der Waals surface area contributed by atoms with Crippen LogP contribution in [0.4, 0.5) is 0 Å². The maximum absolute atomic E-state index is 12.0. The number of aromatic nitrogens is 2. The van der Waals surface area contributed by atoms with Gasteiger partial charge >= 0.3 is 5.97 Å². The second-order valence-electron chi connectivity index (χ2n) is 4.59. The Labute approximate surface area is 110 Å². The molecule has 1 aliphatic rings. The van der Waals surface area contributed by atoms with Gasteiger partial charge in [-0.25, -0.2) is 9.78 Å². The molecule has 1 aromatic heterocycles. The number of carbonyl (C=O) groups is 2. The fourth-order valence-corrected chi connectivity index (χ4v) is 2.05. The van der Waals surface area contributed by atoms with Crippen molar-refractivity contribution >= 4 is 11.9 Å². The van der Waals surface area contributed by atoms with Gasteiger partial charge in [-0.3, -0.25) is 4.79 Å². The Morgan fingerprint density at radius 3 is 3.05 bits per heavy atom. The standard InChI is InChI=1S/C12H17N3O4/c16-11(8-2-1-3-19-6-8)15-10(12(17)18)4-9-5-13-7-14-9/h5,7-8,10H,1-4,6H2,(H,13,14)(H,15,16)(H,17,18). The third kappa shape index (κ3) is 3.78. The molecule has 0 aromatic carbocycles. The molecule has 1 fully saturated rings. The van der Waals surface area contributed by atoms with Crippen LogP contribution in [0.15, 0.2) is 12.5 Å². The summed E-state index contributed by atoms with van der Waals surface area (Å²) in [6.45, 7) is 1.03. The average molecular weight is 267 g/mol. The van der Waals surface area contributed by atoms with Gasteiger partial charge in [0, 0.05) is 24.9 Å². The molecule has 2 rings (SSSR count). The average Bonchev–Trinajstić information content (AvgIpc) is 2.91. The molecule has 104 valence electrons. The number of hydrogen-bond donors (Lipinski definition) is 3. The Morgan fingerprint density at radius 2 is 2.47 bits per heavy atom. The fraction of sp³-hybridized carbons (Fsp3) is 0.583. The molecule has 1 aromatic rings. The van der Waals surface area contributed by atoms with Crippen molar-refractivity contribution in [1.29, 1.82) is 0 Å². The molecule has 0 bridgehead atoms. The van der Waals surface area contributed by atoms with Crippen molar-refractivity contribution in [3.8, 4) is 0 Å². The van der Waals surface area contributed by atoms with E-state index >= 15 is 0 Å². The molecule has 2 unspecified atom stereocenters. The number of nitrogens with one attached hydrogen (secondary N) is 2. The minimum atomic E-state index is -1.06. The summed E-state index contributed by atoms with van der Waals surface area (Å²) in [6, 6.07) is -0.949. The van der Waals surface area contributed by atoms with E-state index in [-0.39, 0.29) is 18.2 Å². The van der Waals surface area contributed by atoms with Crippen molar-refractivity contribution in [3.05, 3.63) is 18.2 Å². The lowest BCUT2D eigenvalue weighted by molar-refractivity contribution is -0.143. The molecular weight excluding hydrogens is 250 g/mol. The van der Waals surface area contributed by atoms with Crippen molar-refractivity contribution in [3.63, 3.8) is 0 Å². The topological polar surface area (TPSA) is 104 Å². The summed E-state index contributed by atoms with van der Waals surface area (Å²) in [6.07, 6.45) is 4.78. The van der Waals surface area contributed by atoms with Crippen LogP contribution in [0.5, 0.6) is 0 Å². The van der Waals surface area contributed by atoms with Gasteiger partial charge < -0.3 is 20.1 Å². The van der Waals surface area contributed by atoms with Crippen molar-refractivity contribution in [1.82, 2.24) is 15.3 Å². The van der Waals surface area contributed by atoms with E-state index in [1.165, 1.54) is 6.33 Å². The van der Waals surface area contributed by atoms with Gasteiger partial charge in [0.2, 0.25) is 5.91 Å². The summed E-state index contributed by atoms with van der Waals surface area (Å²) in [5, 5.41) is 11.7. The lowest BCUT2D eigenvalue weighted by Crippen LogP contribution is -2.46. The zero-order valence-corrected chi connectivity index (χ0v) is 10.5. The van der Waals surface area contributed by atoms with Gasteiger partial charge in [-0.15, -0.1) is 0 Å². The van der Waals surface area contributed by atoms with Crippen LogP contribution in [-0.4, -0.2) is 46.2 Å². The van der Waals surface area contributed by atoms with E-state index in [9.17, 15) is 9.59 Å². The second kappa shape index (κ2) is 6.33. The quantitative estimate of drug-likeness (QED) is 0.693. The molecule has 1 amide bonds. The highest BCUT2D eigenvalue weighted by atomic mass is 16.5. The van der Waals surface area contributed by atoms with Crippen LogP contribution >= 0.6 is 0 Å². The maximum Gasteiger partial charge on any atom is 0.326 e. The summed E-state index contributed by atoms with van der Waals surface area (Å²) in [4.78, 5) is 29.8. The van der Waals surface area contributed by atoms with Gasteiger partial charge in [0.25, 0.3) is 0 Å². The first-order valence-corrected chi connectivity index (χ1v) is 6.25. The number of rotatable bonds is 5.